The van der Waals surface area contributed by atoms with Gasteiger partial charge in [-0.2, -0.15) is 0 Å². The molecule has 1 aliphatic rings. The molecule has 1 fully saturated rings. The minimum absolute atomic E-state index is 0.108. The van der Waals surface area contributed by atoms with Crippen LogP contribution in [-0.4, -0.2) is 23.9 Å². The number of benzene rings is 1. The van der Waals surface area contributed by atoms with Crippen molar-refractivity contribution in [1.82, 2.24) is 4.90 Å². The molecule has 0 unspecified atom stereocenters. The van der Waals surface area contributed by atoms with Gasteiger partial charge in [-0.1, -0.05) is 13.0 Å². The lowest BCUT2D eigenvalue weighted by Crippen LogP contribution is -2.37. The second-order valence-electron chi connectivity index (χ2n) is 5.31. The zero-order valence-electron chi connectivity index (χ0n) is 11.2. The largest absolute Gasteiger partial charge is 0.343 e. The molecule has 1 aromatic rings. The first-order chi connectivity index (χ1) is 9.06. The minimum atomic E-state index is -0.850. The van der Waals surface area contributed by atoms with E-state index in [2.05, 4.69) is 6.92 Å². The smallest absolute Gasteiger partial charge is 0.222 e. The minimum Gasteiger partial charge on any atom is -0.343 e. The number of amides is 1. The van der Waals surface area contributed by atoms with Crippen LogP contribution in [-0.2, 0) is 11.2 Å². The Balaban J connectivity index is 1.84. The van der Waals surface area contributed by atoms with Gasteiger partial charge in [0, 0.05) is 19.5 Å². The maximum atomic E-state index is 13.0. The van der Waals surface area contributed by atoms with Gasteiger partial charge in [0.25, 0.3) is 0 Å². The van der Waals surface area contributed by atoms with Crippen molar-refractivity contribution in [3.05, 3.63) is 35.4 Å². The highest BCUT2D eigenvalue weighted by Crippen LogP contribution is 2.17. The van der Waals surface area contributed by atoms with Gasteiger partial charge < -0.3 is 4.90 Å². The van der Waals surface area contributed by atoms with Crippen LogP contribution < -0.4 is 0 Å². The monoisotopic (exact) mass is 267 g/mol. The molecule has 0 radical (unpaired) electrons. The van der Waals surface area contributed by atoms with E-state index in [0.717, 1.165) is 32.0 Å². The summed E-state index contributed by atoms with van der Waals surface area (Å²) in [7, 11) is 0. The summed E-state index contributed by atoms with van der Waals surface area (Å²) in [6, 6.07) is 3.81. The lowest BCUT2D eigenvalue weighted by molar-refractivity contribution is -0.132. The average molecular weight is 267 g/mol. The summed E-state index contributed by atoms with van der Waals surface area (Å²) in [4.78, 5) is 13.9. The van der Waals surface area contributed by atoms with Crippen LogP contribution in [0.5, 0.6) is 0 Å². The Morgan fingerprint density at radius 3 is 2.58 bits per heavy atom. The fourth-order valence-corrected chi connectivity index (χ4v) is 2.36. The molecule has 2 nitrogen and oxygen atoms in total. The molecular weight excluding hydrogens is 248 g/mol. The van der Waals surface area contributed by atoms with Crippen molar-refractivity contribution < 1.29 is 13.6 Å². The van der Waals surface area contributed by atoms with Gasteiger partial charge in [0.2, 0.25) is 5.91 Å². The molecule has 1 amide bonds. The van der Waals surface area contributed by atoms with Gasteiger partial charge >= 0.3 is 0 Å². The predicted octanol–water partition coefficient (Wildman–Crippen LogP) is 3.16. The summed E-state index contributed by atoms with van der Waals surface area (Å²) in [5, 5.41) is 0. The van der Waals surface area contributed by atoms with Gasteiger partial charge in [-0.25, -0.2) is 8.78 Å². The first kappa shape index (κ1) is 14.0. The van der Waals surface area contributed by atoms with E-state index in [1.165, 1.54) is 12.1 Å². The molecule has 19 heavy (non-hydrogen) atoms. The van der Waals surface area contributed by atoms with Gasteiger partial charge in [0.15, 0.2) is 11.6 Å². The number of piperidine rings is 1. The molecule has 0 atom stereocenters. The van der Waals surface area contributed by atoms with Crippen molar-refractivity contribution in [3.8, 4) is 0 Å². The third kappa shape index (κ3) is 3.75. The Labute approximate surface area is 112 Å². The van der Waals surface area contributed by atoms with Crippen LogP contribution >= 0.6 is 0 Å². The molecule has 1 aliphatic heterocycles. The van der Waals surface area contributed by atoms with E-state index in [4.69, 9.17) is 0 Å². The van der Waals surface area contributed by atoms with Crippen LogP contribution in [0.1, 0.15) is 31.7 Å². The van der Waals surface area contributed by atoms with Crippen LogP contribution in [0.3, 0.4) is 0 Å². The maximum absolute atomic E-state index is 13.0. The Bertz CT molecular complexity index is 453. The fraction of sp³-hybridized carbons (Fsp3) is 0.533. The van der Waals surface area contributed by atoms with Crippen molar-refractivity contribution in [2.75, 3.05) is 13.1 Å². The second-order valence-corrected chi connectivity index (χ2v) is 5.31. The molecule has 0 aliphatic carbocycles. The summed E-state index contributed by atoms with van der Waals surface area (Å²) in [6.07, 6.45) is 2.93. The molecule has 0 saturated carbocycles. The summed E-state index contributed by atoms with van der Waals surface area (Å²) in [5.41, 5.74) is 0.664. The lowest BCUT2D eigenvalue weighted by atomic mass is 9.98. The number of halogens is 2. The number of carbonyl (C=O) groups is 1. The van der Waals surface area contributed by atoms with Gasteiger partial charge in [-0.15, -0.1) is 0 Å². The molecule has 1 aromatic carbocycles. The third-order valence-electron chi connectivity index (χ3n) is 3.75. The predicted molar refractivity (Wildman–Crippen MR) is 69.7 cm³/mol. The normalized spacial score (nSPS) is 16.7. The summed E-state index contributed by atoms with van der Waals surface area (Å²) < 4.78 is 25.8. The molecule has 0 N–H and O–H groups in total. The van der Waals surface area contributed by atoms with Crippen molar-refractivity contribution in [2.45, 2.75) is 32.6 Å². The van der Waals surface area contributed by atoms with E-state index in [9.17, 15) is 13.6 Å². The lowest BCUT2D eigenvalue weighted by Gasteiger charge is -2.30. The molecule has 1 saturated heterocycles. The Hall–Kier alpha value is -1.45. The van der Waals surface area contributed by atoms with Crippen molar-refractivity contribution in [2.24, 2.45) is 5.92 Å². The van der Waals surface area contributed by atoms with E-state index >= 15 is 0 Å². The molecule has 0 aromatic heterocycles. The van der Waals surface area contributed by atoms with Crippen molar-refractivity contribution in [1.29, 1.82) is 0 Å². The highest BCUT2D eigenvalue weighted by Gasteiger charge is 2.19. The van der Waals surface area contributed by atoms with Crippen molar-refractivity contribution >= 4 is 5.91 Å². The Kier molecular flexibility index (Phi) is 4.51. The zero-order valence-corrected chi connectivity index (χ0v) is 11.2. The quantitative estimate of drug-likeness (QED) is 0.823. The van der Waals surface area contributed by atoms with E-state index in [1.807, 2.05) is 4.90 Å². The van der Waals surface area contributed by atoms with Gasteiger partial charge in [-0.05, 0) is 42.9 Å². The van der Waals surface area contributed by atoms with Crippen LogP contribution in [0.2, 0.25) is 0 Å². The number of likely N-dealkylation sites (tertiary alicyclic amines) is 1. The average Bonchev–Trinajstić information content (AvgIpc) is 2.40. The number of nitrogens with zero attached hydrogens (tertiary/aromatic N) is 1. The van der Waals surface area contributed by atoms with Crippen LogP contribution in [0.25, 0.3) is 0 Å². The Morgan fingerprint density at radius 2 is 1.95 bits per heavy atom. The van der Waals surface area contributed by atoms with E-state index in [1.54, 1.807) is 0 Å². The molecule has 4 heteroatoms. The first-order valence-corrected chi connectivity index (χ1v) is 6.78. The summed E-state index contributed by atoms with van der Waals surface area (Å²) in [5.74, 6) is -0.899. The summed E-state index contributed by atoms with van der Waals surface area (Å²) in [6.45, 7) is 3.83. The standard InChI is InChI=1S/C15H19F2NO/c1-11-6-8-18(9-7-11)15(19)5-3-12-2-4-13(16)14(17)10-12/h2,4,10-11H,3,5-9H2,1H3. The fourth-order valence-electron chi connectivity index (χ4n) is 2.36. The Morgan fingerprint density at radius 1 is 1.26 bits per heavy atom. The van der Waals surface area contributed by atoms with Gasteiger partial charge in [0.1, 0.15) is 0 Å². The molecule has 2 rings (SSSR count). The zero-order chi connectivity index (χ0) is 13.8. The highest BCUT2D eigenvalue weighted by atomic mass is 19.2. The molecule has 0 bridgehead atoms. The molecule has 104 valence electrons. The topological polar surface area (TPSA) is 20.3 Å². The van der Waals surface area contributed by atoms with Crippen LogP contribution in [0.4, 0.5) is 8.78 Å². The number of hydrogen-bond donors (Lipinski definition) is 0. The van der Waals surface area contributed by atoms with Crippen LogP contribution in [0, 0.1) is 17.6 Å². The molecular formula is C15H19F2NO. The SMILES string of the molecule is CC1CCN(C(=O)CCc2ccc(F)c(F)c2)CC1. The highest BCUT2D eigenvalue weighted by molar-refractivity contribution is 5.76. The van der Waals surface area contributed by atoms with Crippen molar-refractivity contribution in [3.63, 3.8) is 0 Å². The maximum Gasteiger partial charge on any atom is 0.222 e. The van der Waals surface area contributed by atoms with Gasteiger partial charge in [-0.3, -0.25) is 4.79 Å². The second kappa shape index (κ2) is 6.13. The van der Waals surface area contributed by atoms with E-state index in [-0.39, 0.29) is 5.91 Å². The molecule has 1 heterocycles. The summed E-state index contributed by atoms with van der Waals surface area (Å²) >= 11 is 0. The van der Waals surface area contributed by atoms with E-state index < -0.39 is 11.6 Å². The molecule has 0 spiro atoms. The number of rotatable bonds is 3. The first-order valence-electron chi connectivity index (χ1n) is 6.78. The van der Waals surface area contributed by atoms with Crippen LogP contribution in [0.15, 0.2) is 18.2 Å². The number of hydrogen-bond acceptors (Lipinski definition) is 1. The third-order valence-corrected chi connectivity index (χ3v) is 3.75. The van der Waals surface area contributed by atoms with E-state index in [0.29, 0.717) is 24.3 Å². The number of carbonyl (C=O) groups excluding carboxylic acids is 1. The number of aryl methyl sites for hydroxylation is 1. The van der Waals surface area contributed by atoms with Gasteiger partial charge in [0.05, 0.1) is 0 Å².